The highest BCUT2D eigenvalue weighted by Crippen LogP contribution is 2.03. The van der Waals surface area contributed by atoms with Gasteiger partial charge in [-0.1, -0.05) is 58.1 Å². The van der Waals surface area contributed by atoms with Crippen molar-refractivity contribution < 1.29 is 9.90 Å². The third-order valence-corrected chi connectivity index (χ3v) is 2.01. The molecule has 0 amide bonds. The van der Waals surface area contributed by atoms with Gasteiger partial charge in [-0.15, -0.1) is 0 Å². The first-order chi connectivity index (χ1) is 7.65. The summed E-state index contributed by atoms with van der Waals surface area (Å²) in [7, 11) is 0. The van der Waals surface area contributed by atoms with Crippen molar-refractivity contribution in [1.29, 1.82) is 0 Å². The molecule has 0 aliphatic heterocycles. The molecule has 1 radical (unpaired) electrons. The quantitative estimate of drug-likeness (QED) is 0.485. The molecule has 0 fully saturated rings. The van der Waals surface area contributed by atoms with Gasteiger partial charge in [0.1, 0.15) is 0 Å². The molecule has 0 saturated heterocycles. The number of aliphatic carboxylic acids is 1. The Kier molecular flexibility index (Phi) is 18.3. The zero-order chi connectivity index (χ0) is 12.6. The van der Waals surface area contributed by atoms with E-state index in [9.17, 15) is 0 Å². The summed E-state index contributed by atoms with van der Waals surface area (Å²) < 4.78 is 0. The van der Waals surface area contributed by atoms with Crippen molar-refractivity contribution in [3.63, 3.8) is 0 Å². The molecule has 0 aliphatic rings. The van der Waals surface area contributed by atoms with Gasteiger partial charge >= 0.3 is 0 Å². The standard InChI is InChI=1S/C12H23.C2H4O2/c1-3-5-7-9-11-12-10-8-6-4-2;1-2(3)4/h10,12H,1,3-9,11H2,2H3;1H3,(H,3,4)/b12-10-;. The second-order valence-electron chi connectivity index (χ2n) is 3.84. The summed E-state index contributed by atoms with van der Waals surface area (Å²) in [5.74, 6) is -0.833. The third-order valence-electron chi connectivity index (χ3n) is 2.01. The summed E-state index contributed by atoms with van der Waals surface area (Å²) in [6, 6.07) is 0. The van der Waals surface area contributed by atoms with Crippen LogP contribution in [0, 0.1) is 6.92 Å². The van der Waals surface area contributed by atoms with Gasteiger partial charge in [-0.3, -0.25) is 4.79 Å². The van der Waals surface area contributed by atoms with E-state index in [2.05, 4.69) is 26.0 Å². The van der Waals surface area contributed by atoms with E-state index < -0.39 is 5.97 Å². The van der Waals surface area contributed by atoms with Crippen LogP contribution >= 0.6 is 0 Å². The van der Waals surface area contributed by atoms with Gasteiger partial charge < -0.3 is 5.11 Å². The van der Waals surface area contributed by atoms with Crippen LogP contribution in [0.25, 0.3) is 0 Å². The molecule has 95 valence electrons. The van der Waals surface area contributed by atoms with Crippen molar-refractivity contribution in [2.45, 2.75) is 65.2 Å². The van der Waals surface area contributed by atoms with Crippen LogP contribution in [-0.4, -0.2) is 11.1 Å². The molecular weight excluding hydrogens is 200 g/mol. The number of allylic oxidation sites excluding steroid dienone is 2. The van der Waals surface area contributed by atoms with Crippen LogP contribution in [0.3, 0.4) is 0 Å². The zero-order valence-electron chi connectivity index (χ0n) is 10.9. The van der Waals surface area contributed by atoms with Crippen LogP contribution in [0.5, 0.6) is 0 Å². The van der Waals surface area contributed by atoms with E-state index in [1.54, 1.807) is 0 Å². The van der Waals surface area contributed by atoms with Crippen molar-refractivity contribution in [1.82, 2.24) is 0 Å². The molecule has 0 rings (SSSR count). The minimum Gasteiger partial charge on any atom is -0.481 e. The molecule has 16 heavy (non-hydrogen) atoms. The van der Waals surface area contributed by atoms with E-state index in [0.29, 0.717) is 0 Å². The van der Waals surface area contributed by atoms with Crippen LogP contribution in [0.15, 0.2) is 12.2 Å². The lowest BCUT2D eigenvalue weighted by Crippen LogP contribution is -1.78. The fourth-order valence-corrected chi connectivity index (χ4v) is 1.17. The van der Waals surface area contributed by atoms with Crippen molar-refractivity contribution in [3.8, 4) is 0 Å². The Morgan fingerprint density at radius 1 is 1.12 bits per heavy atom. The molecule has 0 saturated carbocycles. The third kappa shape index (κ3) is 29.2. The molecule has 0 atom stereocenters. The number of rotatable bonds is 8. The van der Waals surface area contributed by atoms with Gasteiger partial charge in [0.25, 0.3) is 5.97 Å². The van der Waals surface area contributed by atoms with E-state index in [-0.39, 0.29) is 0 Å². The van der Waals surface area contributed by atoms with Crippen LogP contribution in [0.2, 0.25) is 0 Å². The molecule has 0 aliphatic carbocycles. The Hall–Kier alpha value is -0.790. The average Bonchev–Trinajstić information content (AvgIpc) is 2.21. The van der Waals surface area contributed by atoms with Gasteiger partial charge in [-0.05, 0) is 19.3 Å². The first-order valence-electron chi connectivity index (χ1n) is 6.28. The average molecular weight is 227 g/mol. The van der Waals surface area contributed by atoms with Crippen LogP contribution in [0.1, 0.15) is 65.2 Å². The summed E-state index contributed by atoms with van der Waals surface area (Å²) >= 11 is 0. The largest absolute Gasteiger partial charge is 0.481 e. The topological polar surface area (TPSA) is 37.3 Å². The molecule has 2 nitrogen and oxygen atoms in total. The van der Waals surface area contributed by atoms with Crippen molar-refractivity contribution >= 4 is 5.97 Å². The Morgan fingerprint density at radius 2 is 1.62 bits per heavy atom. The maximum absolute atomic E-state index is 9.00. The number of carbonyl (C=O) groups is 1. The van der Waals surface area contributed by atoms with E-state index >= 15 is 0 Å². The van der Waals surface area contributed by atoms with E-state index in [0.717, 1.165) is 13.3 Å². The van der Waals surface area contributed by atoms with Gasteiger partial charge in [0.2, 0.25) is 0 Å². The second-order valence-corrected chi connectivity index (χ2v) is 3.84. The molecule has 0 bridgehead atoms. The zero-order valence-corrected chi connectivity index (χ0v) is 10.9. The minimum atomic E-state index is -0.833. The molecule has 0 aromatic heterocycles. The summed E-state index contributed by atoms with van der Waals surface area (Å²) in [6.45, 7) is 7.15. The Bertz CT molecular complexity index is 158. The van der Waals surface area contributed by atoms with Gasteiger partial charge in [0, 0.05) is 6.92 Å². The Balaban J connectivity index is 0. The number of hydrogen-bond donors (Lipinski definition) is 1. The van der Waals surface area contributed by atoms with Crippen LogP contribution < -0.4 is 0 Å². The number of unbranched alkanes of at least 4 members (excludes halogenated alkanes) is 6. The van der Waals surface area contributed by atoms with Gasteiger partial charge in [0.15, 0.2) is 0 Å². The molecule has 0 spiro atoms. The SMILES string of the molecule is CC(=O)O.[CH2]CCCCC/C=C\CCCC. The summed E-state index contributed by atoms with van der Waals surface area (Å²) in [5, 5.41) is 7.42. The highest BCUT2D eigenvalue weighted by Gasteiger charge is 1.84. The summed E-state index contributed by atoms with van der Waals surface area (Å²) in [5.41, 5.74) is 0. The first kappa shape index (κ1) is 17.6. The molecule has 0 aromatic rings. The van der Waals surface area contributed by atoms with Crippen molar-refractivity contribution in [2.24, 2.45) is 0 Å². The fraction of sp³-hybridized carbons (Fsp3) is 0.714. The summed E-state index contributed by atoms with van der Waals surface area (Å²) in [6.07, 6.45) is 14.9. The molecule has 0 aromatic carbocycles. The predicted octanol–water partition coefficient (Wildman–Crippen LogP) is 4.61. The lowest BCUT2D eigenvalue weighted by Gasteiger charge is -1.94. The Labute approximate surface area is 101 Å². The maximum atomic E-state index is 9.00. The highest BCUT2D eigenvalue weighted by molar-refractivity contribution is 5.62. The van der Waals surface area contributed by atoms with Gasteiger partial charge in [-0.25, -0.2) is 0 Å². The molecule has 0 unspecified atom stereocenters. The Morgan fingerprint density at radius 3 is 2.06 bits per heavy atom. The number of hydrogen-bond acceptors (Lipinski definition) is 1. The lowest BCUT2D eigenvalue weighted by atomic mass is 10.1. The normalized spacial score (nSPS) is 9.94. The van der Waals surface area contributed by atoms with Gasteiger partial charge in [0.05, 0.1) is 0 Å². The first-order valence-corrected chi connectivity index (χ1v) is 6.28. The minimum absolute atomic E-state index is 0.833. The van der Waals surface area contributed by atoms with E-state index in [4.69, 9.17) is 9.90 Å². The summed E-state index contributed by atoms with van der Waals surface area (Å²) in [4.78, 5) is 9.00. The lowest BCUT2D eigenvalue weighted by molar-refractivity contribution is -0.134. The molecular formula is C14H27O2. The number of carboxylic acid groups (broad SMARTS) is 1. The van der Waals surface area contributed by atoms with Crippen molar-refractivity contribution in [2.75, 3.05) is 0 Å². The highest BCUT2D eigenvalue weighted by atomic mass is 16.4. The molecule has 1 N–H and O–H groups in total. The molecule has 2 heteroatoms. The molecule has 0 heterocycles. The van der Waals surface area contributed by atoms with Crippen LogP contribution in [0.4, 0.5) is 0 Å². The second kappa shape index (κ2) is 16.6. The van der Waals surface area contributed by atoms with Gasteiger partial charge in [-0.2, -0.15) is 0 Å². The monoisotopic (exact) mass is 227 g/mol. The smallest absolute Gasteiger partial charge is 0.300 e. The van der Waals surface area contributed by atoms with Crippen molar-refractivity contribution in [3.05, 3.63) is 19.1 Å². The van der Waals surface area contributed by atoms with Crippen LogP contribution in [-0.2, 0) is 4.79 Å². The van der Waals surface area contributed by atoms with E-state index in [1.807, 2.05) is 0 Å². The fourth-order valence-electron chi connectivity index (χ4n) is 1.17. The maximum Gasteiger partial charge on any atom is 0.300 e. The number of carboxylic acids is 1. The predicted molar refractivity (Wildman–Crippen MR) is 70.4 cm³/mol. The van der Waals surface area contributed by atoms with E-state index in [1.165, 1.54) is 44.9 Å².